The van der Waals surface area contributed by atoms with Crippen LogP contribution < -0.4 is 5.11 Å². The third-order valence-electron chi connectivity index (χ3n) is 2.20. The van der Waals surface area contributed by atoms with Gasteiger partial charge < -0.3 is 9.94 Å². The number of carbonyl (C=O) groups excluding carboxylic acids is 1. The molecule has 0 spiro atoms. The Bertz CT molecular complexity index is 402. The average Bonchev–Trinajstić information content (AvgIpc) is 2.61. The Hall–Kier alpha value is -1.75. The van der Waals surface area contributed by atoms with Gasteiger partial charge in [0, 0.05) is 19.1 Å². The predicted octanol–water partition coefficient (Wildman–Crippen LogP) is 0.372. The molecule has 0 N–H and O–H groups in total. The first-order valence-corrected chi connectivity index (χ1v) is 4.57. The van der Waals surface area contributed by atoms with Crippen molar-refractivity contribution in [3.8, 4) is 0 Å². The minimum Gasteiger partial charge on any atom is -0.814 e. The Labute approximate surface area is 86.6 Å². The third kappa shape index (κ3) is 1.73. The first-order chi connectivity index (χ1) is 7.20. The second-order valence-electron chi connectivity index (χ2n) is 3.29. The van der Waals surface area contributed by atoms with E-state index in [1.165, 1.54) is 11.6 Å². The molecule has 5 nitrogen and oxygen atoms in total. The van der Waals surface area contributed by atoms with Gasteiger partial charge in [-0.25, -0.2) is 0 Å². The maximum atomic E-state index is 11.3. The lowest BCUT2D eigenvalue weighted by Crippen LogP contribution is -2.44. The summed E-state index contributed by atoms with van der Waals surface area (Å²) in [6.07, 6.45) is -1.44. The number of Topliss-reactive ketones (excluding diaryl/α,β-unsaturated/α-hetero) is 1. The number of para-hydroxylation sites is 1. The fourth-order valence-corrected chi connectivity index (χ4v) is 1.47. The zero-order valence-corrected chi connectivity index (χ0v) is 8.16. The van der Waals surface area contributed by atoms with Gasteiger partial charge in [0.05, 0.1) is 0 Å². The largest absolute Gasteiger partial charge is 0.814 e. The third-order valence-corrected chi connectivity index (χ3v) is 2.20. The van der Waals surface area contributed by atoms with Gasteiger partial charge in [0.25, 0.3) is 6.04 Å². The lowest BCUT2D eigenvalue weighted by Gasteiger charge is -2.13. The molecule has 0 aromatic heterocycles. The van der Waals surface area contributed by atoms with Crippen LogP contribution >= 0.6 is 0 Å². The normalized spacial score (nSPS) is 24.5. The minimum absolute atomic E-state index is 0.250. The Morgan fingerprint density at radius 2 is 2.13 bits per heavy atom. The number of nitrogens with zero attached hydrogens (tertiary/aromatic N) is 2. The van der Waals surface area contributed by atoms with Gasteiger partial charge in [-0.3, -0.25) is 4.79 Å². The Morgan fingerprint density at radius 1 is 1.47 bits per heavy atom. The maximum Gasteiger partial charge on any atom is 0.269 e. The standard InChI is InChI=1S/C10H10N2O3/c1-7(13)9-10(14)15-11-12(9)8-5-3-2-4-6-8/h2-6,9-10H,1H3. The summed E-state index contributed by atoms with van der Waals surface area (Å²) in [5.41, 5.74) is 0.677. The summed E-state index contributed by atoms with van der Waals surface area (Å²) in [5.74, 6) is -0.250. The minimum atomic E-state index is -1.44. The summed E-state index contributed by atoms with van der Waals surface area (Å²) in [4.78, 5) is 15.8. The molecule has 0 bridgehead atoms. The molecule has 1 aliphatic heterocycles. The molecule has 0 fully saturated rings. The smallest absolute Gasteiger partial charge is 0.269 e. The van der Waals surface area contributed by atoms with Gasteiger partial charge >= 0.3 is 0 Å². The van der Waals surface area contributed by atoms with Crippen molar-refractivity contribution >= 4 is 11.5 Å². The van der Waals surface area contributed by atoms with Crippen LogP contribution in [0.1, 0.15) is 6.92 Å². The molecule has 0 radical (unpaired) electrons. The predicted molar refractivity (Wildman–Crippen MR) is 48.1 cm³/mol. The summed E-state index contributed by atoms with van der Waals surface area (Å²) >= 11 is 0. The van der Waals surface area contributed by atoms with Crippen molar-refractivity contribution in [3.05, 3.63) is 30.3 Å². The van der Waals surface area contributed by atoms with E-state index >= 15 is 0 Å². The molecule has 1 aromatic carbocycles. The van der Waals surface area contributed by atoms with E-state index in [4.69, 9.17) is 0 Å². The van der Waals surface area contributed by atoms with Crippen molar-refractivity contribution in [1.82, 2.24) is 0 Å². The van der Waals surface area contributed by atoms with Crippen LogP contribution in [-0.4, -0.2) is 22.8 Å². The van der Waals surface area contributed by atoms with Crippen molar-refractivity contribution in [3.63, 3.8) is 0 Å². The second-order valence-corrected chi connectivity index (χ2v) is 3.29. The molecule has 0 amide bonds. The van der Waals surface area contributed by atoms with Gasteiger partial charge in [-0.05, 0) is 4.70 Å². The number of benzene rings is 1. The highest BCUT2D eigenvalue weighted by atomic mass is 16.7. The SMILES string of the molecule is CC(=O)C1C([O-])ON=[N+]1c1ccccc1. The highest BCUT2D eigenvalue weighted by Gasteiger charge is 2.39. The molecule has 2 rings (SSSR count). The number of hydrogen-bond acceptors (Lipinski definition) is 4. The second kappa shape index (κ2) is 3.78. The van der Waals surface area contributed by atoms with E-state index in [0.717, 1.165) is 0 Å². The molecule has 5 heteroatoms. The molecule has 0 aliphatic carbocycles. The molecule has 1 heterocycles. The molecule has 78 valence electrons. The lowest BCUT2D eigenvalue weighted by molar-refractivity contribution is -0.561. The van der Waals surface area contributed by atoms with E-state index in [1.807, 2.05) is 6.07 Å². The zero-order valence-electron chi connectivity index (χ0n) is 8.16. The maximum absolute atomic E-state index is 11.3. The van der Waals surface area contributed by atoms with Crippen molar-refractivity contribution in [2.75, 3.05) is 0 Å². The van der Waals surface area contributed by atoms with E-state index in [2.05, 4.69) is 10.1 Å². The van der Waals surface area contributed by atoms with Crippen LogP contribution in [0, 0.1) is 0 Å². The number of carbonyl (C=O) groups is 1. The molecular formula is C10H10N2O3. The summed E-state index contributed by atoms with van der Waals surface area (Å²) in [6, 6.07) is 8.12. The first kappa shape index (κ1) is 9.79. The van der Waals surface area contributed by atoms with Crippen LogP contribution in [0.15, 0.2) is 35.6 Å². The first-order valence-electron chi connectivity index (χ1n) is 4.57. The summed E-state index contributed by atoms with van der Waals surface area (Å²) < 4.78 is 1.32. The van der Waals surface area contributed by atoms with E-state index in [-0.39, 0.29) is 5.78 Å². The van der Waals surface area contributed by atoms with E-state index in [1.54, 1.807) is 24.3 Å². The van der Waals surface area contributed by atoms with Crippen LogP contribution in [0.5, 0.6) is 0 Å². The van der Waals surface area contributed by atoms with Gasteiger partial charge in [0.15, 0.2) is 5.28 Å². The van der Waals surface area contributed by atoms with Crippen LogP contribution in [0.4, 0.5) is 5.69 Å². The molecule has 0 saturated heterocycles. The van der Waals surface area contributed by atoms with Gasteiger partial charge in [0.2, 0.25) is 11.5 Å². The Morgan fingerprint density at radius 3 is 2.73 bits per heavy atom. The highest BCUT2D eigenvalue weighted by molar-refractivity contribution is 5.80. The van der Waals surface area contributed by atoms with Crippen molar-refractivity contribution in [2.24, 2.45) is 5.28 Å². The molecule has 1 aromatic rings. The molecule has 2 atom stereocenters. The van der Waals surface area contributed by atoms with Crippen LogP contribution in [0.3, 0.4) is 0 Å². The molecular weight excluding hydrogens is 196 g/mol. The number of rotatable bonds is 2. The van der Waals surface area contributed by atoms with Crippen molar-refractivity contribution < 1.29 is 19.4 Å². The zero-order chi connectivity index (χ0) is 10.8. The Balaban J connectivity index is 2.34. The topological polar surface area (TPSA) is 64.7 Å². The molecule has 15 heavy (non-hydrogen) atoms. The monoisotopic (exact) mass is 206 g/mol. The fraction of sp³-hybridized carbons (Fsp3) is 0.300. The van der Waals surface area contributed by atoms with Crippen molar-refractivity contribution in [2.45, 2.75) is 19.3 Å². The lowest BCUT2D eigenvalue weighted by atomic mass is 10.2. The van der Waals surface area contributed by atoms with Gasteiger partial charge in [-0.2, -0.15) is 0 Å². The van der Waals surface area contributed by atoms with E-state index in [9.17, 15) is 9.90 Å². The van der Waals surface area contributed by atoms with Crippen LogP contribution in [-0.2, 0) is 9.63 Å². The Kier molecular flexibility index (Phi) is 2.47. The van der Waals surface area contributed by atoms with Crippen LogP contribution in [0.2, 0.25) is 0 Å². The van der Waals surface area contributed by atoms with E-state index in [0.29, 0.717) is 5.69 Å². The van der Waals surface area contributed by atoms with E-state index < -0.39 is 12.3 Å². The molecule has 2 unspecified atom stereocenters. The van der Waals surface area contributed by atoms with Gasteiger partial charge in [-0.15, -0.1) is 0 Å². The number of ketones is 1. The molecule has 0 saturated carbocycles. The van der Waals surface area contributed by atoms with Crippen molar-refractivity contribution in [1.29, 1.82) is 0 Å². The van der Waals surface area contributed by atoms with Crippen LogP contribution in [0.25, 0.3) is 0 Å². The molecule has 1 aliphatic rings. The summed E-state index contributed by atoms with van der Waals surface area (Å²) in [5, 5.41) is 14.9. The quantitative estimate of drug-likeness (QED) is 0.657. The summed E-state index contributed by atoms with van der Waals surface area (Å²) in [7, 11) is 0. The summed E-state index contributed by atoms with van der Waals surface area (Å²) in [6.45, 7) is 1.36. The van der Waals surface area contributed by atoms with Gasteiger partial charge in [0.1, 0.15) is 6.29 Å². The fourth-order valence-electron chi connectivity index (χ4n) is 1.47. The number of hydrogen-bond donors (Lipinski definition) is 0. The average molecular weight is 206 g/mol. The highest BCUT2D eigenvalue weighted by Crippen LogP contribution is 2.21. The van der Waals surface area contributed by atoms with Gasteiger partial charge in [-0.1, -0.05) is 18.2 Å².